The van der Waals surface area contributed by atoms with Crippen molar-refractivity contribution < 1.29 is 9.66 Å². The maximum Gasteiger partial charge on any atom is 0.269 e. The first-order valence-electron chi connectivity index (χ1n) is 6.78. The van der Waals surface area contributed by atoms with Gasteiger partial charge < -0.3 is 10.5 Å². The number of rotatable bonds is 6. The Balaban J connectivity index is 1.89. The Morgan fingerprint density at radius 1 is 1.24 bits per heavy atom. The van der Waals surface area contributed by atoms with E-state index in [0.717, 1.165) is 16.9 Å². The zero-order chi connectivity index (χ0) is 15.2. The third-order valence-corrected chi connectivity index (χ3v) is 3.19. The Hall–Kier alpha value is -2.40. The highest BCUT2D eigenvalue weighted by atomic mass is 16.6. The summed E-state index contributed by atoms with van der Waals surface area (Å²) in [5.74, 6) is 0.784. The van der Waals surface area contributed by atoms with Gasteiger partial charge in [0.15, 0.2) is 0 Å². The summed E-state index contributed by atoms with van der Waals surface area (Å²) >= 11 is 0. The largest absolute Gasteiger partial charge is 0.493 e. The van der Waals surface area contributed by atoms with Crippen molar-refractivity contribution in [1.82, 2.24) is 0 Å². The molecule has 2 aromatic rings. The fourth-order valence-corrected chi connectivity index (χ4v) is 1.96. The van der Waals surface area contributed by atoms with Crippen LogP contribution in [0.25, 0.3) is 0 Å². The van der Waals surface area contributed by atoms with Gasteiger partial charge in [0.2, 0.25) is 0 Å². The van der Waals surface area contributed by atoms with E-state index in [1.54, 1.807) is 12.1 Å². The molecule has 5 nitrogen and oxygen atoms in total. The molecule has 1 unspecified atom stereocenters. The average molecular weight is 286 g/mol. The molecule has 0 aliphatic rings. The molecule has 5 heteroatoms. The van der Waals surface area contributed by atoms with Crippen molar-refractivity contribution in [3.63, 3.8) is 0 Å². The summed E-state index contributed by atoms with van der Waals surface area (Å²) in [6.07, 6.45) is 0.695. The van der Waals surface area contributed by atoms with E-state index in [1.165, 1.54) is 12.1 Å². The van der Waals surface area contributed by atoms with Crippen molar-refractivity contribution in [2.24, 2.45) is 5.73 Å². The van der Waals surface area contributed by atoms with E-state index in [0.29, 0.717) is 13.0 Å². The smallest absolute Gasteiger partial charge is 0.269 e. The fraction of sp³-hybridized carbons (Fsp3) is 0.250. The van der Waals surface area contributed by atoms with Crippen LogP contribution in [0.4, 0.5) is 5.69 Å². The molecule has 0 spiro atoms. The van der Waals surface area contributed by atoms with E-state index in [9.17, 15) is 10.1 Å². The van der Waals surface area contributed by atoms with E-state index >= 15 is 0 Å². The molecule has 21 heavy (non-hydrogen) atoms. The lowest BCUT2D eigenvalue weighted by Gasteiger charge is -2.10. The molecule has 0 aliphatic heterocycles. The third-order valence-electron chi connectivity index (χ3n) is 3.19. The molecule has 0 amide bonds. The lowest BCUT2D eigenvalue weighted by molar-refractivity contribution is -0.384. The summed E-state index contributed by atoms with van der Waals surface area (Å²) in [6, 6.07) is 14.2. The summed E-state index contributed by atoms with van der Waals surface area (Å²) in [5, 5.41) is 10.6. The van der Waals surface area contributed by atoms with Gasteiger partial charge in [-0.3, -0.25) is 10.1 Å². The van der Waals surface area contributed by atoms with Gasteiger partial charge in [0.1, 0.15) is 5.75 Å². The van der Waals surface area contributed by atoms with Crippen LogP contribution in [0.2, 0.25) is 0 Å². The van der Waals surface area contributed by atoms with E-state index in [2.05, 4.69) is 0 Å². The van der Waals surface area contributed by atoms with Crippen LogP contribution in [-0.2, 0) is 6.42 Å². The van der Waals surface area contributed by atoms with E-state index in [4.69, 9.17) is 10.5 Å². The summed E-state index contributed by atoms with van der Waals surface area (Å²) in [6.45, 7) is 2.44. The number of nitro groups is 1. The van der Waals surface area contributed by atoms with Crippen LogP contribution in [0.3, 0.4) is 0 Å². The minimum absolute atomic E-state index is 0.0248. The SMILES string of the molecule is CC(N)c1cccc(OCCc2ccc([N+](=O)[O-])cc2)c1. The molecular formula is C16H18N2O3. The van der Waals surface area contributed by atoms with Gasteiger partial charge in [-0.15, -0.1) is 0 Å². The first-order valence-corrected chi connectivity index (χ1v) is 6.78. The van der Waals surface area contributed by atoms with Crippen molar-refractivity contribution in [3.8, 4) is 5.75 Å². The van der Waals surface area contributed by atoms with Gasteiger partial charge in [-0.1, -0.05) is 24.3 Å². The standard InChI is InChI=1S/C16H18N2O3/c1-12(17)14-3-2-4-16(11-14)21-10-9-13-5-7-15(8-6-13)18(19)20/h2-8,11-12H,9-10,17H2,1H3. The van der Waals surface area contributed by atoms with Crippen LogP contribution in [0, 0.1) is 10.1 Å². The molecular weight excluding hydrogens is 268 g/mol. The predicted octanol–water partition coefficient (Wildman–Crippen LogP) is 3.24. The molecule has 2 rings (SSSR count). The summed E-state index contributed by atoms with van der Waals surface area (Å²) in [4.78, 5) is 10.2. The highest BCUT2D eigenvalue weighted by Crippen LogP contribution is 2.18. The van der Waals surface area contributed by atoms with E-state index in [-0.39, 0.29) is 11.7 Å². The quantitative estimate of drug-likeness (QED) is 0.653. The number of hydrogen-bond acceptors (Lipinski definition) is 4. The lowest BCUT2D eigenvalue weighted by atomic mass is 10.1. The van der Waals surface area contributed by atoms with Gasteiger partial charge >= 0.3 is 0 Å². The molecule has 1 atom stereocenters. The number of nitro benzene ring substituents is 1. The topological polar surface area (TPSA) is 78.4 Å². The average Bonchev–Trinajstić information content (AvgIpc) is 2.48. The number of nitrogens with zero attached hydrogens (tertiary/aromatic N) is 1. The number of non-ortho nitro benzene ring substituents is 1. The van der Waals surface area contributed by atoms with E-state index < -0.39 is 4.92 Å². The lowest BCUT2D eigenvalue weighted by Crippen LogP contribution is -2.06. The van der Waals surface area contributed by atoms with Gasteiger partial charge in [0.25, 0.3) is 5.69 Å². The van der Waals surface area contributed by atoms with Crippen molar-refractivity contribution in [3.05, 3.63) is 69.8 Å². The zero-order valence-corrected chi connectivity index (χ0v) is 11.9. The maximum atomic E-state index is 10.6. The normalized spacial score (nSPS) is 11.9. The van der Waals surface area contributed by atoms with Gasteiger partial charge in [-0.25, -0.2) is 0 Å². The minimum atomic E-state index is -0.403. The summed E-state index contributed by atoms with van der Waals surface area (Å²) in [5.41, 5.74) is 7.97. The third kappa shape index (κ3) is 4.29. The first kappa shape index (κ1) is 15.0. The number of nitrogens with two attached hydrogens (primary N) is 1. The second kappa shape index (κ2) is 6.85. The maximum absolute atomic E-state index is 10.6. The number of benzene rings is 2. The van der Waals surface area contributed by atoms with Crippen LogP contribution >= 0.6 is 0 Å². The zero-order valence-electron chi connectivity index (χ0n) is 11.9. The first-order chi connectivity index (χ1) is 10.1. The molecule has 0 heterocycles. The fourth-order valence-electron chi connectivity index (χ4n) is 1.96. The molecule has 0 aliphatic carbocycles. The second-order valence-electron chi connectivity index (χ2n) is 4.88. The molecule has 0 aromatic heterocycles. The Bertz CT molecular complexity index is 609. The molecule has 0 saturated heterocycles. The number of ether oxygens (including phenoxy) is 1. The van der Waals surface area contributed by atoms with Crippen molar-refractivity contribution >= 4 is 5.69 Å². The predicted molar refractivity (Wildman–Crippen MR) is 81.3 cm³/mol. The van der Waals surface area contributed by atoms with Crippen molar-refractivity contribution in [1.29, 1.82) is 0 Å². The molecule has 0 saturated carbocycles. The monoisotopic (exact) mass is 286 g/mol. The van der Waals surface area contributed by atoms with Crippen LogP contribution in [0.5, 0.6) is 5.75 Å². The Morgan fingerprint density at radius 3 is 2.57 bits per heavy atom. The van der Waals surface area contributed by atoms with Crippen molar-refractivity contribution in [2.75, 3.05) is 6.61 Å². The molecule has 110 valence electrons. The number of hydrogen-bond donors (Lipinski definition) is 1. The van der Waals surface area contributed by atoms with Crippen LogP contribution in [0.15, 0.2) is 48.5 Å². The van der Waals surface area contributed by atoms with Gasteiger partial charge in [0, 0.05) is 24.6 Å². The second-order valence-corrected chi connectivity index (χ2v) is 4.88. The van der Waals surface area contributed by atoms with Gasteiger partial charge in [-0.2, -0.15) is 0 Å². The van der Waals surface area contributed by atoms with Crippen LogP contribution in [0.1, 0.15) is 24.1 Å². The minimum Gasteiger partial charge on any atom is -0.493 e. The van der Waals surface area contributed by atoms with Gasteiger partial charge in [-0.05, 0) is 30.2 Å². The molecule has 2 aromatic carbocycles. The Morgan fingerprint density at radius 2 is 1.95 bits per heavy atom. The van der Waals surface area contributed by atoms with E-state index in [1.807, 2.05) is 31.2 Å². The Kier molecular flexibility index (Phi) is 4.90. The Labute approximate surface area is 123 Å². The highest BCUT2D eigenvalue weighted by Gasteiger charge is 2.04. The van der Waals surface area contributed by atoms with Gasteiger partial charge in [0.05, 0.1) is 11.5 Å². The molecule has 0 fully saturated rings. The van der Waals surface area contributed by atoms with Crippen molar-refractivity contribution in [2.45, 2.75) is 19.4 Å². The summed E-state index contributed by atoms with van der Waals surface area (Å²) in [7, 11) is 0. The molecule has 0 bridgehead atoms. The van der Waals surface area contributed by atoms with Crippen LogP contribution in [-0.4, -0.2) is 11.5 Å². The molecule has 2 N–H and O–H groups in total. The summed E-state index contributed by atoms with van der Waals surface area (Å²) < 4.78 is 5.69. The highest BCUT2D eigenvalue weighted by molar-refractivity contribution is 5.33. The molecule has 0 radical (unpaired) electrons. The van der Waals surface area contributed by atoms with Crippen LogP contribution < -0.4 is 10.5 Å².